The minimum absolute atomic E-state index is 0.236. The van der Waals surface area contributed by atoms with Gasteiger partial charge >= 0.3 is 5.97 Å². The Morgan fingerprint density at radius 3 is 2.54 bits per heavy atom. The van der Waals surface area contributed by atoms with E-state index in [1.54, 1.807) is 31.4 Å². The van der Waals surface area contributed by atoms with E-state index in [1.165, 1.54) is 7.11 Å². The molecule has 0 amide bonds. The Kier molecular flexibility index (Phi) is 5.22. The third-order valence-electron chi connectivity index (χ3n) is 3.85. The van der Waals surface area contributed by atoms with Crippen LogP contribution in [0.2, 0.25) is 0 Å². The number of aryl methyl sites for hydroxylation is 1. The van der Waals surface area contributed by atoms with Gasteiger partial charge in [-0.05, 0) is 49.4 Å². The average Bonchev–Trinajstić information content (AvgIpc) is 3.07. The van der Waals surface area contributed by atoms with E-state index in [-0.39, 0.29) is 12.6 Å². The molecule has 0 fully saturated rings. The summed E-state index contributed by atoms with van der Waals surface area (Å²) in [5.41, 5.74) is 2.06. The van der Waals surface area contributed by atoms with Crippen molar-refractivity contribution in [3.63, 3.8) is 0 Å². The average molecular weight is 353 g/mol. The number of esters is 1. The van der Waals surface area contributed by atoms with Gasteiger partial charge in [-0.3, -0.25) is 0 Å². The number of rotatable bonds is 6. The molecule has 0 saturated heterocycles. The molecular formula is C20H19NO5. The molecule has 0 atom stereocenters. The van der Waals surface area contributed by atoms with Crippen molar-refractivity contribution in [2.45, 2.75) is 13.5 Å². The highest BCUT2D eigenvalue weighted by Crippen LogP contribution is 2.26. The number of carbonyl (C=O) groups is 1. The van der Waals surface area contributed by atoms with Crippen molar-refractivity contribution in [1.29, 1.82) is 0 Å². The van der Waals surface area contributed by atoms with Gasteiger partial charge in [0, 0.05) is 5.56 Å². The number of ether oxygens (including phenoxy) is 3. The van der Waals surface area contributed by atoms with Crippen molar-refractivity contribution < 1.29 is 23.4 Å². The van der Waals surface area contributed by atoms with Gasteiger partial charge in [-0.2, -0.15) is 0 Å². The van der Waals surface area contributed by atoms with Crippen molar-refractivity contribution in [2.75, 3.05) is 14.2 Å². The van der Waals surface area contributed by atoms with Crippen LogP contribution < -0.4 is 9.47 Å². The van der Waals surface area contributed by atoms with Crippen LogP contribution in [0.3, 0.4) is 0 Å². The molecule has 3 aromatic rings. The van der Waals surface area contributed by atoms with Gasteiger partial charge in [0.25, 0.3) is 0 Å². The Balaban J connectivity index is 1.71. The molecule has 1 heterocycles. The Morgan fingerprint density at radius 2 is 1.85 bits per heavy atom. The summed E-state index contributed by atoms with van der Waals surface area (Å²) in [5.74, 6) is 2.13. The summed E-state index contributed by atoms with van der Waals surface area (Å²) >= 11 is 0. The lowest BCUT2D eigenvalue weighted by Gasteiger charge is -2.05. The van der Waals surface area contributed by atoms with Crippen LogP contribution >= 0.6 is 0 Å². The van der Waals surface area contributed by atoms with Crippen LogP contribution in [0.15, 0.2) is 52.9 Å². The van der Waals surface area contributed by atoms with Crippen molar-refractivity contribution in [1.82, 2.24) is 4.98 Å². The molecule has 0 saturated carbocycles. The molecule has 0 unspecified atom stereocenters. The van der Waals surface area contributed by atoms with Crippen LogP contribution in [0.5, 0.6) is 11.5 Å². The zero-order valence-corrected chi connectivity index (χ0v) is 14.8. The van der Waals surface area contributed by atoms with Crippen LogP contribution in [0, 0.1) is 6.92 Å². The molecule has 0 spiro atoms. The van der Waals surface area contributed by atoms with E-state index in [2.05, 4.69) is 9.72 Å². The van der Waals surface area contributed by atoms with Gasteiger partial charge in [-0.1, -0.05) is 6.07 Å². The second-order valence-corrected chi connectivity index (χ2v) is 5.56. The highest BCUT2D eigenvalue weighted by atomic mass is 16.5. The molecule has 1 aromatic heterocycles. The Bertz CT molecular complexity index is 899. The molecule has 0 aliphatic rings. The molecule has 26 heavy (non-hydrogen) atoms. The minimum atomic E-state index is -0.384. The molecule has 0 aliphatic carbocycles. The van der Waals surface area contributed by atoms with Gasteiger partial charge < -0.3 is 18.6 Å². The van der Waals surface area contributed by atoms with Crippen LogP contribution in [0.25, 0.3) is 11.5 Å². The van der Waals surface area contributed by atoms with E-state index in [9.17, 15) is 4.79 Å². The van der Waals surface area contributed by atoms with Crippen molar-refractivity contribution in [3.05, 3.63) is 65.5 Å². The van der Waals surface area contributed by atoms with E-state index < -0.39 is 0 Å². The Labute approximate surface area is 151 Å². The molecule has 0 N–H and O–H groups in total. The summed E-state index contributed by atoms with van der Waals surface area (Å²) in [5, 5.41) is 0. The van der Waals surface area contributed by atoms with Gasteiger partial charge in [-0.25, -0.2) is 9.78 Å². The number of carbonyl (C=O) groups excluding carboxylic acids is 1. The number of nitrogens with zero attached hydrogens (tertiary/aromatic N) is 1. The summed E-state index contributed by atoms with van der Waals surface area (Å²) < 4.78 is 21.5. The molecular weight excluding hydrogens is 334 g/mol. The lowest BCUT2D eigenvalue weighted by molar-refractivity contribution is 0.0600. The first kappa shape index (κ1) is 17.5. The molecule has 0 aliphatic heterocycles. The topological polar surface area (TPSA) is 70.8 Å². The monoisotopic (exact) mass is 353 g/mol. The molecule has 0 bridgehead atoms. The van der Waals surface area contributed by atoms with Gasteiger partial charge in [-0.15, -0.1) is 0 Å². The van der Waals surface area contributed by atoms with E-state index in [0.29, 0.717) is 23.0 Å². The minimum Gasteiger partial charge on any atom is -0.497 e. The standard InChI is InChI=1S/C20H19NO5/c1-13-18(12-25-16-9-7-14(8-10-16)20(22)24-3)26-19(21-13)15-5-4-6-17(11-15)23-2/h4-11H,12H2,1-3H3. The number of hydrogen-bond donors (Lipinski definition) is 0. The van der Waals surface area contributed by atoms with Gasteiger partial charge in [0.1, 0.15) is 18.1 Å². The first-order valence-electron chi connectivity index (χ1n) is 8.02. The predicted octanol–water partition coefficient (Wildman–Crippen LogP) is 4.02. The number of methoxy groups -OCH3 is 2. The second kappa shape index (κ2) is 7.74. The van der Waals surface area contributed by atoms with Crippen molar-refractivity contribution in [3.8, 4) is 23.0 Å². The summed E-state index contributed by atoms with van der Waals surface area (Å²) in [4.78, 5) is 15.9. The molecule has 6 heteroatoms. The smallest absolute Gasteiger partial charge is 0.337 e. The normalized spacial score (nSPS) is 10.4. The Morgan fingerprint density at radius 1 is 1.08 bits per heavy atom. The summed E-state index contributed by atoms with van der Waals surface area (Å²) in [6.45, 7) is 2.10. The van der Waals surface area contributed by atoms with Crippen molar-refractivity contribution >= 4 is 5.97 Å². The first-order valence-corrected chi connectivity index (χ1v) is 8.02. The predicted molar refractivity (Wildman–Crippen MR) is 95.3 cm³/mol. The number of hydrogen-bond acceptors (Lipinski definition) is 6. The zero-order valence-electron chi connectivity index (χ0n) is 14.8. The lowest BCUT2D eigenvalue weighted by atomic mass is 10.2. The molecule has 134 valence electrons. The van der Waals surface area contributed by atoms with Gasteiger partial charge in [0.2, 0.25) is 5.89 Å². The van der Waals surface area contributed by atoms with E-state index >= 15 is 0 Å². The Hall–Kier alpha value is -3.28. The SMILES string of the molecule is COC(=O)c1ccc(OCc2oc(-c3cccc(OC)c3)nc2C)cc1. The van der Waals surface area contributed by atoms with Crippen LogP contribution in [0.4, 0.5) is 0 Å². The fraction of sp³-hybridized carbons (Fsp3) is 0.200. The van der Waals surface area contributed by atoms with Crippen LogP contribution in [0.1, 0.15) is 21.8 Å². The van der Waals surface area contributed by atoms with E-state index in [1.807, 2.05) is 31.2 Å². The molecule has 6 nitrogen and oxygen atoms in total. The molecule has 2 aromatic carbocycles. The maximum Gasteiger partial charge on any atom is 0.337 e. The van der Waals surface area contributed by atoms with Crippen molar-refractivity contribution in [2.24, 2.45) is 0 Å². The lowest BCUT2D eigenvalue weighted by Crippen LogP contribution is -2.01. The van der Waals surface area contributed by atoms with E-state index in [4.69, 9.17) is 13.9 Å². The summed E-state index contributed by atoms with van der Waals surface area (Å²) in [7, 11) is 2.96. The summed E-state index contributed by atoms with van der Waals surface area (Å²) in [6.07, 6.45) is 0. The highest BCUT2D eigenvalue weighted by molar-refractivity contribution is 5.89. The zero-order chi connectivity index (χ0) is 18.5. The molecule has 3 rings (SSSR count). The highest BCUT2D eigenvalue weighted by Gasteiger charge is 2.13. The van der Waals surface area contributed by atoms with Gasteiger partial charge in [0.05, 0.1) is 25.5 Å². The van der Waals surface area contributed by atoms with Gasteiger partial charge in [0.15, 0.2) is 5.76 Å². The largest absolute Gasteiger partial charge is 0.497 e. The quantitative estimate of drug-likeness (QED) is 0.623. The second-order valence-electron chi connectivity index (χ2n) is 5.56. The summed E-state index contributed by atoms with van der Waals surface area (Å²) in [6, 6.07) is 14.2. The third-order valence-corrected chi connectivity index (χ3v) is 3.85. The number of aromatic nitrogens is 1. The fourth-order valence-corrected chi connectivity index (χ4v) is 2.40. The van der Waals surface area contributed by atoms with Crippen LogP contribution in [-0.4, -0.2) is 25.2 Å². The first-order chi connectivity index (χ1) is 12.6. The molecule has 0 radical (unpaired) electrons. The van der Waals surface area contributed by atoms with Crippen LogP contribution in [-0.2, 0) is 11.3 Å². The number of oxazole rings is 1. The number of benzene rings is 2. The third kappa shape index (κ3) is 3.85. The van der Waals surface area contributed by atoms with E-state index in [0.717, 1.165) is 17.0 Å². The maximum atomic E-state index is 11.4. The maximum absolute atomic E-state index is 11.4. The fourth-order valence-electron chi connectivity index (χ4n) is 2.40.